The van der Waals surface area contributed by atoms with Crippen molar-refractivity contribution in [3.05, 3.63) is 78.0 Å². The van der Waals surface area contributed by atoms with Crippen molar-refractivity contribution in [3.8, 4) is 17.0 Å². The summed E-state index contributed by atoms with van der Waals surface area (Å²) in [5.74, 6) is 0.853. The van der Waals surface area contributed by atoms with Gasteiger partial charge in [-0.25, -0.2) is 4.98 Å². The van der Waals surface area contributed by atoms with Gasteiger partial charge >= 0.3 is 0 Å². The molecule has 0 bridgehead atoms. The fourth-order valence-corrected chi connectivity index (χ4v) is 4.00. The van der Waals surface area contributed by atoms with Crippen LogP contribution in [0.4, 0.5) is 0 Å². The number of fused-ring (bicyclic) bond motifs is 2. The van der Waals surface area contributed by atoms with Gasteiger partial charge in [-0.3, -0.25) is 9.78 Å². The van der Waals surface area contributed by atoms with Gasteiger partial charge in [0.15, 0.2) is 5.78 Å². The molecule has 0 unspecified atom stereocenters. The number of hydrogen-bond donors (Lipinski definition) is 0. The van der Waals surface area contributed by atoms with Gasteiger partial charge in [0.1, 0.15) is 5.75 Å². The van der Waals surface area contributed by atoms with E-state index in [1.807, 2.05) is 55.7 Å². The monoisotopic (exact) mass is 383 g/mol. The van der Waals surface area contributed by atoms with Gasteiger partial charge in [0, 0.05) is 46.4 Å². The van der Waals surface area contributed by atoms with Gasteiger partial charge in [0.25, 0.3) is 0 Å². The summed E-state index contributed by atoms with van der Waals surface area (Å²) in [4.78, 5) is 21.8. The summed E-state index contributed by atoms with van der Waals surface area (Å²) >= 11 is 0. The minimum atomic E-state index is 0.0493. The lowest BCUT2D eigenvalue weighted by Gasteiger charge is -2.20. The van der Waals surface area contributed by atoms with Crippen molar-refractivity contribution in [3.63, 3.8) is 0 Å². The molecule has 0 fully saturated rings. The quantitative estimate of drug-likeness (QED) is 0.395. The Bertz CT molecular complexity index is 1230. The maximum Gasteiger partial charge on any atom is 0.194 e. The molecule has 0 radical (unpaired) electrons. The summed E-state index contributed by atoms with van der Waals surface area (Å²) in [6.07, 6.45) is 7.67. The highest BCUT2D eigenvalue weighted by molar-refractivity contribution is 6.25. The third-order valence-corrected chi connectivity index (χ3v) is 5.39. The van der Waals surface area contributed by atoms with Crippen LogP contribution in [0.25, 0.3) is 22.0 Å². The Balaban J connectivity index is 1.38. The third kappa shape index (κ3) is 3.09. The molecule has 2 heterocycles. The third-order valence-electron chi connectivity index (χ3n) is 5.39. The molecule has 5 heteroatoms. The number of aromatic nitrogens is 3. The minimum absolute atomic E-state index is 0.0493. The average Bonchev–Trinajstić information content (AvgIpc) is 3.17. The Labute approximate surface area is 169 Å². The second kappa shape index (κ2) is 7.17. The van der Waals surface area contributed by atoms with E-state index < -0.39 is 0 Å². The van der Waals surface area contributed by atoms with Crippen LogP contribution in [0, 0.1) is 6.92 Å². The molecule has 0 amide bonds. The smallest absolute Gasteiger partial charge is 0.194 e. The molecule has 0 atom stereocenters. The fourth-order valence-electron chi connectivity index (χ4n) is 4.00. The standard InChI is InChI=1S/C24H21N3O2/c1-16-14-27(15-26-16)12-4-5-13-29-21-9-8-20-22-19(21)10-11-25-23(22)17-6-2-3-7-18(17)24(20)28/h2-3,6-11,14-15H,4-5,12-13H2,1H3. The fraction of sp³-hybridized carbons (Fsp3) is 0.208. The molecular formula is C24H21N3O2. The molecule has 2 aromatic heterocycles. The number of aryl methyl sites for hydroxylation is 2. The Morgan fingerprint density at radius 3 is 2.66 bits per heavy atom. The number of ether oxygens (including phenoxy) is 1. The van der Waals surface area contributed by atoms with Gasteiger partial charge in [-0.05, 0) is 38.0 Å². The van der Waals surface area contributed by atoms with Crippen molar-refractivity contribution < 1.29 is 9.53 Å². The van der Waals surface area contributed by atoms with E-state index in [-0.39, 0.29) is 5.78 Å². The van der Waals surface area contributed by atoms with Crippen LogP contribution in [0.15, 0.2) is 61.2 Å². The first kappa shape index (κ1) is 17.6. The van der Waals surface area contributed by atoms with Crippen LogP contribution in [0.5, 0.6) is 5.75 Å². The first-order valence-corrected chi connectivity index (χ1v) is 9.89. The number of carbonyl (C=O) groups excluding carboxylic acids is 1. The molecule has 5 nitrogen and oxygen atoms in total. The number of ketones is 1. The van der Waals surface area contributed by atoms with Crippen molar-refractivity contribution in [2.45, 2.75) is 26.3 Å². The van der Waals surface area contributed by atoms with E-state index in [0.717, 1.165) is 52.9 Å². The maximum atomic E-state index is 13.0. The van der Waals surface area contributed by atoms with Crippen LogP contribution in [0.2, 0.25) is 0 Å². The van der Waals surface area contributed by atoms with Gasteiger partial charge in [-0.15, -0.1) is 0 Å². The molecule has 0 saturated carbocycles. The number of nitrogens with zero attached hydrogens (tertiary/aromatic N) is 3. The van der Waals surface area contributed by atoms with Gasteiger partial charge in [-0.2, -0.15) is 0 Å². The van der Waals surface area contributed by atoms with E-state index in [2.05, 4.69) is 20.7 Å². The molecule has 0 spiro atoms. The lowest BCUT2D eigenvalue weighted by Crippen LogP contribution is -2.11. The van der Waals surface area contributed by atoms with Gasteiger partial charge in [-0.1, -0.05) is 24.3 Å². The topological polar surface area (TPSA) is 57.0 Å². The lowest BCUT2D eigenvalue weighted by molar-refractivity contribution is 0.104. The second-order valence-electron chi connectivity index (χ2n) is 7.38. The number of pyridine rings is 1. The number of imidazole rings is 1. The SMILES string of the molecule is Cc1cn(CCCCOc2ccc3c4c(nccc24)-c2ccccc2C3=O)cn1. The number of hydrogen-bond acceptors (Lipinski definition) is 4. The molecule has 4 aromatic rings. The van der Waals surface area contributed by atoms with Crippen LogP contribution >= 0.6 is 0 Å². The normalized spacial score (nSPS) is 12.2. The zero-order valence-electron chi connectivity index (χ0n) is 16.3. The summed E-state index contributed by atoms with van der Waals surface area (Å²) in [5.41, 5.74) is 4.19. The average molecular weight is 383 g/mol. The largest absolute Gasteiger partial charge is 0.493 e. The highest BCUT2D eigenvalue weighted by Crippen LogP contribution is 2.40. The van der Waals surface area contributed by atoms with Crippen LogP contribution in [-0.2, 0) is 6.54 Å². The second-order valence-corrected chi connectivity index (χ2v) is 7.38. The van der Waals surface area contributed by atoms with Crippen molar-refractivity contribution in [1.29, 1.82) is 0 Å². The lowest BCUT2D eigenvalue weighted by atomic mass is 9.85. The first-order valence-electron chi connectivity index (χ1n) is 9.89. The molecule has 29 heavy (non-hydrogen) atoms. The minimum Gasteiger partial charge on any atom is -0.493 e. The van der Waals surface area contributed by atoms with Crippen LogP contribution in [-0.4, -0.2) is 26.9 Å². The summed E-state index contributed by atoms with van der Waals surface area (Å²) in [6.45, 7) is 3.56. The predicted octanol–water partition coefficient (Wildman–Crippen LogP) is 4.81. The highest BCUT2D eigenvalue weighted by atomic mass is 16.5. The first-order chi connectivity index (χ1) is 14.2. The molecule has 1 aliphatic carbocycles. The molecule has 1 aliphatic rings. The van der Waals surface area contributed by atoms with Crippen molar-refractivity contribution in [1.82, 2.24) is 14.5 Å². The van der Waals surface area contributed by atoms with Gasteiger partial charge in [0.05, 0.1) is 24.3 Å². The molecule has 0 aliphatic heterocycles. The molecule has 0 N–H and O–H groups in total. The van der Waals surface area contributed by atoms with E-state index in [1.54, 1.807) is 6.20 Å². The van der Waals surface area contributed by atoms with E-state index in [1.165, 1.54) is 0 Å². The van der Waals surface area contributed by atoms with E-state index in [4.69, 9.17) is 4.74 Å². The maximum absolute atomic E-state index is 13.0. The van der Waals surface area contributed by atoms with Crippen LogP contribution in [0.3, 0.4) is 0 Å². The Morgan fingerprint density at radius 2 is 1.83 bits per heavy atom. The molecule has 144 valence electrons. The van der Waals surface area contributed by atoms with Gasteiger partial charge < -0.3 is 9.30 Å². The summed E-state index contributed by atoms with van der Waals surface area (Å²) in [6, 6.07) is 13.4. The Morgan fingerprint density at radius 1 is 0.966 bits per heavy atom. The Kier molecular flexibility index (Phi) is 4.35. The van der Waals surface area contributed by atoms with Crippen molar-refractivity contribution >= 4 is 16.6 Å². The number of unbranched alkanes of at least 4 members (excludes halogenated alkanes) is 1. The molecule has 0 saturated heterocycles. The predicted molar refractivity (Wildman–Crippen MR) is 112 cm³/mol. The van der Waals surface area contributed by atoms with Crippen LogP contribution < -0.4 is 4.74 Å². The van der Waals surface area contributed by atoms with Crippen molar-refractivity contribution in [2.75, 3.05) is 6.61 Å². The summed E-state index contributed by atoms with van der Waals surface area (Å²) in [7, 11) is 0. The zero-order chi connectivity index (χ0) is 19.8. The molecule has 2 aromatic carbocycles. The number of carbonyl (C=O) groups is 1. The summed E-state index contributed by atoms with van der Waals surface area (Å²) in [5, 5.41) is 1.84. The van der Waals surface area contributed by atoms with E-state index >= 15 is 0 Å². The number of benzene rings is 2. The van der Waals surface area contributed by atoms with Crippen molar-refractivity contribution in [2.24, 2.45) is 0 Å². The van der Waals surface area contributed by atoms with E-state index in [9.17, 15) is 4.79 Å². The number of rotatable bonds is 6. The van der Waals surface area contributed by atoms with Gasteiger partial charge in [0.2, 0.25) is 0 Å². The molecule has 5 rings (SSSR count). The van der Waals surface area contributed by atoms with E-state index in [0.29, 0.717) is 17.7 Å². The Hall–Kier alpha value is -3.47. The zero-order valence-corrected chi connectivity index (χ0v) is 16.3. The summed E-state index contributed by atoms with van der Waals surface area (Å²) < 4.78 is 8.20. The molecular weight excluding hydrogens is 362 g/mol. The highest BCUT2D eigenvalue weighted by Gasteiger charge is 2.26. The van der Waals surface area contributed by atoms with Crippen LogP contribution in [0.1, 0.15) is 34.5 Å².